The average molecular weight is 298 g/mol. The maximum atomic E-state index is 10.6. The fraction of sp³-hybridized carbons (Fsp3) is 0.125. The number of rotatable bonds is 5. The zero-order valence-corrected chi connectivity index (χ0v) is 12.0. The number of benzene rings is 1. The van der Waals surface area contributed by atoms with Gasteiger partial charge in [-0.25, -0.2) is 4.79 Å². The second kappa shape index (κ2) is 7.12. The van der Waals surface area contributed by atoms with Gasteiger partial charge in [0.25, 0.3) is 0 Å². The smallest absolute Gasteiger partial charge is 0.409 e. The summed E-state index contributed by atoms with van der Waals surface area (Å²) in [5.41, 5.74) is 15.0. The summed E-state index contributed by atoms with van der Waals surface area (Å²) in [5.74, 6) is 0. The highest BCUT2D eigenvalue weighted by Crippen LogP contribution is 2.28. The van der Waals surface area contributed by atoms with E-state index in [2.05, 4.69) is 10.3 Å². The molecule has 0 aliphatic carbocycles. The SMILES string of the molecule is NC=CCCc1cc(-c2ccc(NC(=O)O)cc2N)ccn1. The molecular formula is C16H18N4O2. The van der Waals surface area contributed by atoms with Crippen molar-refractivity contribution in [1.82, 2.24) is 4.98 Å². The summed E-state index contributed by atoms with van der Waals surface area (Å²) in [6.07, 6.45) is 5.64. The summed E-state index contributed by atoms with van der Waals surface area (Å²) in [6.45, 7) is 0. The van der Waals surface area contributed by atoms with Crippen molar-refractivity contribution in [2.75, 3.05) is 11.1 Å². The van der Waals surface area contributed by atoms with Gasteiger partial charge >= 0.3 is 6.09 Å². The quantitative estimate of drug-likeness (QED) is 0.634. The van der Waals surface area contributed by atoms with Gasteiger partial charge in [-0.3, -0.25) is 10.3 Å². The predicted octanol–water partition coefficient (Wildman–Crippen LogP) is 2.83. The first-order valence-corrected chi connectivity index (χ1v) is 6.81. The van der Waals surface area contributed by atoms with E-state index in [1.165, 1.54) is 6.20 Å². The first-order chi connectivity index (χ1) is 10.6. The third-order valence-electron chi connectivity index (χ3n) is 3.13. The van der Waals surface area contributed by atoms with E-state index in [0.717, 1.165) is 29.7 Å². The first-order valence-electron chi connectivity index (χ1n) is 6.81. The summed E-state index contributed by atoms with van der Waals surface area (Å²) in [7, 11) is 0. The molecule has 0 aliphatic rings. The fourth-order valence-corrected chi connectivity index (χ4v) is 2.14. The van der Waals surface area contributed by atoms with Gasteiger partial charge in [0.15, 0.2) is 0 Å². The Morgan fingerprint density at radius 2 is 2.14 bits per heavy atom. The predicted molar refractivity (Wildman–Crippen MR) is 87.4 cm³/mol. The molecule has 0 unspecified atom stereocenters. The van der Waals surface area contributed by atoms with Gasteiger partial charge in [0, 0.05) is 28.8 Å². The van der Waals surface area contributed by atoms with E-state index in [1.54, 1.807) is 24.4 Å². The Morgan fingerprint density at radius 1 is 1.32 bits per heavy atom. The van der Waals surface area contributed by atoms with E-state index in [4.69, 9.17) is 16.6 Å². The van der Waals surface area contributed by atoms with Crippen LogP contribution in [-0.4, -0.2) is 16.2 Å². The molecule has 1 heterocycles. The maximum absolute atomic E-state index is 10.6. The van der Waals surface area contributed by atoms with Crippen LogP contribution in [0.1, 0.15) is 12.1 Å². The molecule has 0 radical (unpaired) electrons. The molecule has 0 saturated heterocycles. The Bertz CT molecular complexity index is 698. The van der Waals surface area contributed by atoms with Crippen LogP contribution in [-0.2, 0) is 6.42 Å². The summed E-state index contributed by atoms with van der Waals surface area (Å²) >= 11 is 0. The van der Waals surface area contributed by atoms with Gasteiger partial charge in [-0.05, 0) is 48.9 Å². The van der Waals surface area contributed by atoms with Crippen molar-refractivity contribution in [3.8, 4) is 11.1 Å². The van der Waals surface area contributed by atoms with Crippen molar-refractivity contribution in [2.45, 2.75) is 12.8 Å². The third-order valence-corrected chi connectivity index (χ3v) is 3.13. The number of allylic oxidation sites excluding steroid dienone is 1. The molecular weight excluding hydrogens is 280 g/mol. The lowest BCUT2D eigenvalue weighted by Gasteiger charge is -2.09. The van der Waals surface area contributed by atoms with Crippen LogP contribution in [0.3, 0.4) is 0 Å². The molecule has 2 rings (SSSR count). The van der Waals surface area contributed by atoms with Crippen molar-refractivity contribution >= 4 is 17.5 Å². The molecule has 22 heavy (non-hydrogen) atoms. The monoisotopic (exact) mass is 298 g/mol. The largest absolute Gasteiger partial charge is 0.465 e. The standard InChI is InChI=1S/C16H18N4O2/c17-7-2-1-3-12-9-11(6-8-19-12)14-5-4-13(10-15(14)18)20-16(21)22/h2,4-10,20H,1,3,17-18H2,(H,21,22). The molecule has 6 heteroatoms. The summed E-state index contributed by atoms with van der Waals surface area (Å²) in [4.78, 5) is 14.9. The molecule has 114 valence electrons. The molecule has 0 spiro atoms. The highest BCUT2D eigenvalue weighted by Gasteiger charge is 2.06. The third kappa shape index (κ3) is 3.99. The lowest BCUT2D eigenvalue weighted by Crippen LogP contribution is -2.07. The van der Waals surface area contributed by atoms with Crippen molar-refractivity contribution in [2.24, 2.45) is 5.73 Å². The zero-order valence-electron chi connectivity index (χ0n) is 12.0. The van der Waals surface area contributed by atoms with E-state index < -0.39 is 6.09 Å². The summed E-state index contributed by atoms with van der Waals surface area (Å²) in [5, 5.41) is 11.0. The van der Waals surface area contributed by atoms with Gasteiger partial charge in [-0.15, -0.1) is 0 Å². The second-order valence-electron chi connectivity index (χ2n) is 4.73. The number of pyridine rings is 1. The minimum Gasteiger partial charge on any atom is -0.465 e. The van der Waals surface area contributed by atoms with E-state index in [9.17, 15) is 4.79 Å². The van der Waals surface area contributed by atoms with Crippen LogP contribution in [0.25, 0.3) is 11.1 Å². The number of anilines is 2. The second-order valence-corrected chi connectivity index (χ2v) is 4.73. The topological polar surface area (TPSA) is 114 Å². The molecule has 1 amide bonds. The molecule has 6 N–H and O–H groups in total. The van der Waals surface area contributed by atoms with Crippen LogP contribution in [0.15, 0.2) is 48.8 Å². The van der Waals surface area contributed by atoms with Crippen molar-refractivity contribution in [3.63, 3.8) is 0 Å². The molecule has 0 bridgehead atoms. The average Bonchev–Trinajstić information content (AvgIpc) is 2.47. The van der Waals surface area contributed by atoms with Crippen LogP contribution < -0.4 is 16.8 Å². The molecule has 6 nitrogen and oxygen atoms in total. The van der Waals surface area contributed by atoms with Crippen LogP contribution >= 0.6 is 0 Å². The number of hydrogen-bond donors (Lipinski definition) is 4. The fourth-order valence-electron chi connectivity index (χ4n) is 2.14. The van der Waals surface area contributed by atoms with Gasteiger partial charge < -0.3 is 16.6 Å². The first kappa shape index (κ1) is 15.4. The number of carbonyl (C=O) groups is 1. The molecule has 0 aliphatic heterocycles. The summed E-state index contributed by atoms with van der Waals surface area (Å²) in [6, 6.07) is 8.91. The van der Waals surface area contributed by atoms with Gasteiger partial charge in [0.05, 0.1) is 0 Å². The zero-order chi connectivity index (χ0) is 15.9. The van der Waals surface area contributed by atoms with E-state index >= 15 is 0 Å². The number of aromatic nitrogens is 1. The number of amides is 1. The number of carboxylic acid groups (broad SMARTS) is 1. The van der Waals surface area contributed by atoms with Crippen molar-refractivity contribution in [1.29, 1.82) is 0 Å². The number of nitrogens with two attached hydrogens (primary N) is 2. The Labute approximate surface area is 128 Å². The van der Waals surface area contributed by atoms with Crippen LogP contribution in [0.2, 0.25) is 0 Å². The lowest BCUT2D eigenvalue weighted by molar-refractivity contribution is 0.210. The number of nitrogens with one attached hydrogen (secondary N) is 1. The normalized spacial score (nSPS) is 10.7. The van der Waals surface area contributed by atoms with Crippen molar-refractivity contribution < 1.29 is 9.90 Å². The van der Waals surface area contributed by atoms with Gasteiger partial charge in [0.2, 0.25) is 0 Å². The summed E-state index contributed by atoms with van der Waals surface area (Å²) < 4.78 is 0. The Hall–Kier alpha value is -3.02. The van der Waals surface area contributed by atoms with E-state index in [-0.39, 0.29) is 0 Å². The van der Waals surface area contributed by atoms with Crippen LogP contribution in [0.5, 0.6) is 0 Å². The van der Waals surface area contributed by atoms with Crippen LogP contribution in [0, 0.1) is 0 Å². The molecule has 1 aromatic heterocycles. The molecule has 0 atom stereocenters. The maximum Gasteiger partial charge on any atom is 0.409 e. The lowest BCUT2D eigenvalue weighted by atomic mass is 10.0. The molecule has 0 fully saturated rings. The Kier molecular flexibility index (Phi) is 4.98. The van der Waals surface area contributed by atoms with Crippen LogP contribution in [0.4, 0.5) is 16.2 Å². The number of aryl methyl sites for hydroxylation is 1. The number of hydrogen-bond acceptors (Lipinski definition) is 4. The minimum absolute atomic E-state index is 0.441. The number of nitrogens with zero attached hydrogens (tertiary/aromatic N) is 1. The van der Waals surface area contributed by atoms with Crippen molar-refractivity contribution in [3.05, 3.63) is 54.5 Å². The number of nitrogen functional groups attached to an aromatic ring is 1. The molecule has 0 saturated carbocycles. The van der Waals surface area contributed by atoms with E-state index in [0.29, 0.717) is 11.4 Å². The highest BCUT2D eigenvalue weighted by atomic mass is 16.4. The molecule has 2 aromatic rings. The Morgan fingerprint density at radius 3 is 2.82 bits per heavy atom. The minimum atomic E-state index is -1.12. The van der Waals surface area contributed by atoms with Gasteiger partial charge in [-0.1, -0.05) is 12.1 Å². The Balaban J connectivity index is 2.24. The van der Waals surface area contributed by atoms with E-state index in [1.807, 2.05) is 18.2 Å². The highest BCUT2D eigenvalue weighted by molar-refractivity contribution is 5.86. The van der Waals surface area contributed by atoms with Gasteiger partial charge in [-0.2, -0.15) is 0 Å². The van der Waals surface area contributed by atoms with Gasteiger partial charge in [0.1, 0.15) is 0 Å². The molecule has 1 aromatic carbocycles.